The molecular formula is C16H19N3O2. The Hall–Kier alpha value is -2.43. The molecule has 3 rings (SSSR count). The number of nitrogen functional groups attached to an aromatic ring is 1. The van der Waals surface area contributed by atoms with E-state index in [1.165, 1.54) is 16.0 Å². The zero-order chi connectivity index (χ0) is 15.0. The molecule has 1 unspecified atom stereocenters. The van der Waals surface area contributed by atoms with Gasteiger partial charge in [0.25, 0.3) is 0 Å². The number of nitrogens with zero attached hydrogens (tertiary/aromatic N) is 1. The number of H-pyrrole nitrogens is 1. The standard InChI is InChI=1S/C16H19N3O2/c1-19(16(20)21)12-5-2-10(3-6-12)14-9-18-15-7-4-11(17)8-13(14)15/h2,4,7-9,12,18H,3,5-6,17H2,1H3,(H,20,21). The van der Waals surface area contributed by atoms with Gasteiger partial charge in [0.2, 0.25) is 0 Å². The Morgan fingerprint density at radius 1 is 1.48 bits per heavy atom. The lowest BCUT2D eigenvalue weighted by Crippen LogP contribution is -2.36. The number of aromatic nitrogens is 1. The van der Waals surface area contributed by atoms with Gasteiger partial charge in [0.05, 0.1) is 0 Å². The van der Waals surface area contributed by atoms with E-state index in [0.717, 1.165) is 35.9 Å². The lowest BCUT2D eigenvalue weighted by Gasteiger charge is -2.28. The van der Waals surface area contributed by atoms with E-state index in [9.17, 15) is 4.79 Å². The molecule has 1 aliphatic rings. The van der Waals surface area contributed by atoms with Crippen molar-refractivity contribution in [1.29, 1.82) is 0 Å². The van der Waals surface area contributed by atoms with Crippen molar-refractivity contribution < 1.29 is 9.90 Å². The average Bonchev–Trinajstić information content (AvgIpc) is 2.89. The monoisotopic (exact) mass is 285 g/mol. The van der Waals surface area contributed by atoms with Gasteiger partial charge in [0.15, 0.2) is 0 Å². The van der Waals surface area contributed by atoms with Crippen LogP contribution in [0, 0.1) is 0 Å². The second kappa shape index (κ2) is 5.16. The molecule has 0 bridgehead atoms. The summed E-state index contributed by atoms with van der Waals surface area (Å²) in [6, 6.07) is 5.92. The van der Waals surface area contributed by atoms with Crippen molar-refractivity contribution in [2.24, 2.45) is 0 Å². The van der Waals surface area contributed by atoms with E-state index in [4.69, 9.17) is 10.8 Å². The number of allylic oxidation sites excluding steroid dienone is 1. The van der Waals surface area contributed by atoms with Crippen LogP contribution in [0.25, 0.3) is 16.5 Å². The molecule has 0 radical (unpaired) electrons. The van der Waals surface area contributed by atoms with Gasteiger partial charge in [-0.3, -0.25) is 0 Å². The third-order valence-electron chi connectivity index (χ3n) is 4.28. The molecule has 1 aromatic carbocycles. The van der Waals surface area contributed by atoms with E-state index >= 15 is 0 Å². The van der Waals surface area contributed by atoms with Crippen molar-refractivity contribution >= 4 is 28.3 Å². The van der Waals surface area contributed by atoms with Gasteiger partial charge in [-0.25, -0.2) is 4.79 Å². The largest absolute Gasteiger partial charge is 0.465 e. The van der Waals surface area contributed by atoms with Gasteiger partial charge in [0, 0.05) is 41.4 Å². The van der Waals surface area contributed by atoms with Gasteiger partial charge in [-0.05, 0) is 43.0 Å². The maximum atomic E-state index is 11.0. The van der Waals surface area contributed by atoms with Crippen LogP contribution in [0.15, 0.2) is 30.5 Å². The van der Waals surface area contributed by atoms with Crippen LogP contribution in [-0.4, -0.2) is 34.2 Å². The lowest BCUT2D eigenvalue weighted by atomic mass is 9.90. The highest BCUT2D eigenvalue weighted by Gasteiger charge is 2.23. The fourth-order valence-corrected chi connectivity index (χ4v) is 2.98. The first kappa shape index (κ1) is 13.5. The number of anilines is 1. The first-order valence-electron chi connectivity index (χ1n) is 7.08. The Morgan fingerprint density at radius 2 is 2.29 bits per heavy atom. The van der Waals surface area contributed by atoms with Gasteiger partial charge >= 0.3 is 6.09 Å². The number of benzene rings is 1. The highest BCUT2D eigenvalue weighted by molar-refractivity contribution is 5.94. The van der Waals surface area contributed by atoms with Gasteiger partial charge in [-0.15, -0.1) is 0 Å². The maximum absolute atomic E-state index is 11.0. The Balaban J connectivity index is 1.87. The SMILES string of the molecule is CN(C(=O)O)C1CC=C(c2c[nH]c3ccc(N)cc23)CC1. The number of amides is 1. The minimum atomic E-state index is -0.864. The summed E-state index contributed by atoms with van der Waals surface area (Å²) in [4.78, 5) is 15.7. The molecule has 21 heavy (non-hydrogen) atoms. The van der Waals surface area contributed by atoms with Crippen molar-refractivity contribution in [2.75, 3.05) is 12.8 Å². The van der Waals surface area contributed by atoms with E-state index in [1.54, 1.807) is 7.05 Å². The first-order valence-corrected chi connectivity index (χ1v) is 7.08. The Morgan fingerprint density at radius 3 is 2.95 bits per heavy atom. The maximum Gasteiger partial charge on any atom is 0.407 e. The summed E-state index contributed by atoms with van der Waals surface area (Å²) >= 11 is 0. The van der Waals surface area contributed by atoms with Gasteiger partial charge in [-0.2, -0.15) is 0 Å². The van der Waals surface area contributed by atoms with Crippen molar-refractivity contribution in [3.05, 3.63) is 36.0 Å². The van der Waals surface area contributed by atoms with Crippen LogP contribution in [0.2, 0.25) is 0 Å². The molecule has 110 valence electrons. The molecule has 0 saturated heterocycles. The van der Waals surface area contributed by atoms with Gasteiger partial charge in [0.1, 0.15) is 0 Å². The predicted molar refractivity (Wildman–Crippen MR) is 84.1 cm³/mol. The van der Waals surface area contributed by atoms with Crippen LogP contribution in [0.3, 0.4) is 0 Å². The molecule has 1 atom stereocenters. The number of fused-ring (bicyclic) bond motifs is 1. The molecule has 0 spiro atoms. The molecule has 1 heterocycles. The van der Waals surface area contributed by atoms with Crippen molar-refractivity contribution in [3.63, 3.8) is 0 Å². The van der Waals surface area contributed by atoms with Crippen LogP contribution >= 0.6 is 0 Å². The summed E-state index contributed by atoms with van der Waals surface area (Å²) in [5.41, 5.74) is 10.1. The summed E-state index contributed by atoms with van der Waals surface area (Å²) in [6.45, 7) is 0. The summed E-state index contributed by atoms with van der Waals surface area (Å²) in [5.74, 6) is 0. The zero-order valence-corrected chi connectivity index (χ0v) is 12.0. The normalized spacial score (nSPS) is 18.5. The Kier molecular flexibility index (Phi) is 3.33. The second-order valence-electron chi connectivity index (χ2n) is 5.56. The molecule has 5 heteroatoms. The van der Waals surface area contributed by atoms with Crippen molar-refractivity contribution in [3.8, 4) is 0 Å². The zero-order valence-electron chi connectivity index (χ0n) is 12.0. The number of hydrogen-bond acceptors (Lipinski definition) is 2. The molecule has 0 aliphatic heterocycles. The third kappa shape index (κ3) is 2.46. The predicted octanol–water partition coefficient (Wildman–Crippen LogP) is 3.30. The van der Waals surface area contributed by atoms with E-state index in [2.05, 4.69) is 11.1 Å². The fourth-order valence-electron chi connectivity index (χ4n) is 2.98. The van der Waals surface area contributed by atoms with Gasteiger partial charge < -0.3 is 20.7 Å². The molecule has 1 amide bonds. The van der Waals surface area contributed by atoms with Crippen LogP contribution in [0.4, 0.5) is 10.5 Å². The molecule has 1 aromatic heterocycles. The van der Waals surface area contributed by atoms with Crippen molar-refractivity contribution in [1.82, 2.24) is 9.88 Å². The Labute approximate surface area is 123 Å². The van der Waals surface area contributed by atoms with Crippen molar-refractivity contribution in [2.45, 2.75) is 25.3 Å². The molecule has 0 fully saturated rings. The van der Waals surface area contributed by atoms with Crippen LogP contribution in [0.5, 0.6) is 0 Å². The quantitative estimate of drug-likeness (QED) is 0.740. The smallest absolute Gasteiger partial charge is 0.407 e. The molecular weight excluding hydrogens is 266 g/mol. The number of aromatic amines is 1. The summed E-state index contributed by atoms with van der Waals surface area (Å²) < 4.78 is 0. The van der Waals surface area contributed by atoms with E-state index in [1.807, 2.05) is 24.4 Å². The number of nitrogens with two attached hydrogens (primary N) is 1. The number of carboxylic acid groups (broad SMARTS) is 1. The highest BCUT2D eigenvalue weighted by atomic mass is 16.4. The summed E-state index contributed by atoms with van der Waals surface area (Å²) in [6.07, 6.45) is 5.79. The van der Waals surface area contributed by atoms with Gasteiger partial charge in [-0.1, -0.05) is 6.08 Å². The van der Waals surface area contributed by atoms with E-state index in [0.29, 0.717) is 0 Å². The van der Waals surface area contributed by atoms with Crippen LogP contribution < -0.4 is 5.73 Å². The first-order chi connectivity index (χ1) is 10.1. The average molecular weight is 285 g/mol. The number of hydrogen-bond donors (Lipinski definition) is 3. The number of nitrogens with one attached hydrogen (secondary N) is 1. The van der Waals surface area contributed by atoms with E-state index < -0.39 is 6.09 Å². The number of carbonyl (C=O) groups is 1. The molecule has 1 aliphatic carbocycles. The topological polar surface area (TPSA) is 82.4 Å². The summed E-state index contributed by atoms with van der Waals surface area (Å²) in [5, 5.41) is 10.2. The van der Waals surface area contributed by atoms with Crippen LogP contribution in [0.1, 0.15) is 24.8 Å². The molecule has 5 nitrogen and oxygen atoms in total. The molecule has 2 aromatic rings. The third-order valence-corrected chi connectivity index (χ3v) is 4.28. The fraction of sp³-hybridized carbons (Fsp3) is 0.312. The lowest BCUT2D eigenvalue weighted by molar-refractivity contribution is 0.136. The van der Waals surface area contributed by atoms with Crippen LogP contribution in [-0.2, 0) is 0 Å². The Bertz CT molecular complexity index is 717. The highest BCUT2D eigenvalue weighted by Crippen LogP contribution is 2.33. The second-order valence-corrected chi connectivity index (χ2v) is 5.56. The number of rotatable bonds is 2. The molecule has 4 N–H and O–H groups in total. The minimum absolute atomic E-state index is 0.0709. The molecule has 0 saturated carbocycles. The van der Waals surface area contributed by atoms with E-state index in [-0.39, 0.29) is 6.04 Å². The minimum Gasteiger partial charge on any atom is -0.465 e. The summed E-state index contributed by atoms with van der Waals surface area (Å²) in [7, 11) is 1.64.